The van der Waals surface area contributed by atoms with E-state index in [2.05, 4.69) is 13.2 Å². The third kappa shape index (κ3) is 3.67. The molecule has 0 saturated heterocycles. The summed E-state index contributed by atoms with van der Waals surface area (Å²) in [5.41, 5.74) is 6.00. The summed E-state index contributed by atoms with van der Waals surface area (Å²) in [7, 11) is 1.89. The summed E-state index contributed by atoms with van der Waals surface area (Å²) in [5, 5.41) is 0. The van der Waals surface area contributed by atoms with Gasteiger partial charge in [0.25, 0.3) is 0 Å². The van der Waals surface area contributed by atoms with Gasteiger partial charge in [0.15, 0.2) is 0 Å². The molecule has 2 N–H and O–H groups in total. The van der Waals surface area contributed by atoms with E-state index in [1.807, 2.05) is 11.9 Å². The van der Waals surface area contributed by atoms with E-state index in [0.29, 0.717) is 12.5 Å². The minimum atomic E-state index is -0.218. The van der Waals surface area contributed by atoms with Gasteiger partial charge in [-0.25, -0.2) is 0 Å². The smallest absolute Gasteiger partial charge is 0.224 e. The van der Waals surface area contributed by atoms with E-state index in [-0.39, 0.29) is 11.4 Å². The first-order valence-corrected chi connectivity index (χ1v) is 7.41. The minimum absolute atomic E-state index is 0.200. The molecule has 0 aromatic heterocycles. The van der Waals surface area contributed by atoms with Crippen LogP contribution in [0.1, 0.15) is 39.0 Å². The van der Waals surface area contributed by atoms with Crippen molar-refractivity contribution in [2.75, 3.05) is 19.1 Å². The number of hydrogen-bond donors (Lipinski definition) is 1. The van der Waals surface area contributed by atoms with Gasteiger partial charge >= 0.3 is 0 Å². The molecule has 1 aliphatic carbocycles. The molecule has 1 rings (SSSR count). The summed E-state index contributed by atoms with van der Waals surface area (Å²) in [6, 6.07) is 0.299. The van der Waals surface area contributed by atoms with Gasteiger partial charge in [-0.15, -0.1) is 0 Å². The molecule has 0 aromatic carbocycles. The fourth-order valence-corrected chi connectivity index (χ4v) is 2.99. The Morgan fingerprint density at radius 1 is 1.50 bits per heavy atom. The van der Waals surface area contributed by atoms with Crippen molar-refractivity contribution in [1.29, 1.82) is 0 Å². The van der Waals surface area contributed by atoms with Gasteiger partial charge in [-0.2, -0.15) is 11.8 Å². The Bertz CT molecular complexity index is 239. The number of carbonyl (C=O) groups excluding carboxylic acids is 1. The highest BCUT2D eigenvalue weighted by Crippen LogP contribution is 2.30. The number of thioether (sulfide) groups is 1. The van der Waals surface area contributed by atoms with Crippen molar-refractivity contribution in [2.24, 2.45) is 5.73 Å². The SMILES string of the molecule is CSCC(C)N(C)C(=O)CC1(N)CCCC1. The maximum Gasteiger partial charge on any atom is 0.224 e. The third-order valence-corrected chi connectivity index (χ3v) is 4.38. The van der Waals surface area contributed by atoms with E-state index in [4.69, 9.17) is 5.73 Å². The van der Waals surface area contributed by atoms with E-state index >= 15 is 0 Å². The van der Waals surface area contributed by atoms with Crippen LogP contribution in [0.5, 0.6) is 0 Å². The largest absolute Gasteiger partial charge is 0.342 e. The average molecular weight is 244 g/mol. The van der Waals surface area contributed by atoms with Gasteiger partial charge in [-0.05, 0) is 26.0 Å². The number of amides is 1. The van der Waals surface area contributed by atoms with Crippen molar-refractivity contribution < 1.29 is 4.79 Å². The summed E-state index contributed by atoms with van der Waals surface area (Å²) < 4.78 is 0. The molecule has 0 heterocycles. The van der Waals surface area contributed by atoms with Crippen LogP contribution in [0.25, 0.3) is 0 Å². The molecule has 1 atom stereocenters. The lowest BCUT2D eigenvalue weighted by molar-refractivity contribution is -0.132. The van der Waals surface area contributed by atoms with Gasteiger partial charge < -0.3 is 10.6 Å². The lowest BCUT2D eigenvalue weighted by Crippen LogP contribution is -2.45. The molecule has 1 saturated carbocycles. The van der Waals surface area contributed by atoms with Crippen LogP contribution in [0.2, 0.25) is 0 Å². The van der Waals surface area contributed by atoms with Gasteiger partial charge in [0.2, 0.25) is 5.91 Å². The highest BCUT2D eigenvalue weighted by molar-refractivity contribution is 7.98. The summed E-state index contributed by atoms with van der Waals surface area (Å²) in [5.74, 6) is 1.19. The lowest BCUT2D eigenvalue weighted by atomic mass is 9.94. The summed E-state index contributed by atoms with van der Waals surface area (Å²) in [6.07, 6.45) is 6.94. The van der Waals surface area contributed by atoms with Crippen molar-refractivity contribution in [2.45, 2.75) is 50.6 Å². The van der Waals surface area contributed by atoms with Gasteiger partial charge in [-0.1, -0.05) is 12.8 Å². The molecule has 16 heavy (non-hydrogen) atoms. The van der Waals surface area contributed by atoms with E-state index in [1.54, 1.807) is 11.8 Å². The number of rotatable bonds is 5. The van der Waals surface area contributed by atoms with Crippen LogP contribution in [0.4, 0.5) is 0 Å². The Kier molecular flexibility index (Phi) is 5.12. The monoisotopic (exact) mass is 244 g/mol. The molecular formula is C12H24N2OS. The average Bonchev–Trinajstić information content (AvgIpc) is 2.64. The van der Waals surface area contributed by atoms with E-state index in [1.165, 1.54) is 12.8 Å². The van der Waals surface area contributed by atoms with Gasteiger partial charge in [-0.3, -0.25) is 4.79 Å². The molecule has 94 valence electrons. The third-order valence-electron chi connectivity index (χ3n) is 3.57. The fraction of sp³-hybridized carbons (Fsp3) is 0.917. The number of hydrogen-bond acceptors (Lipinski definition) is 3. The van der Waals surface area contributed by atoms with Crippen LogP contribution < -0.4 is 5.73 Å². The van der Waals surface area contributed by atoms with Crippen LogP contribution in [0, 0.1) is 0 Å². The Balaban J connectivity index is 2.44. The topological polar surface area (TPSA) is 46.3 Å². The maximum atomic E-state index is 12.1. The first kappa shape index (κ1) is 13.8. The Hall–Kier alpha value is -0.220. The zero-order chi connectivity index (χ0) is 12.2. The van der Waals surface area contributed by atoms with Gasteiger partial charge in [0.05, 0.1) is 0 Å². The predicted octanol–water partition coefficient (Wildman–Crippen LogP) is 1.86. The zero-order valence-electron chi connectivity index (χ0n) is 10.7. The molecule has 1 aliphatic rings. The van der Waals surface area contributed by atoms with Crippen molar-refractivity contribution in [1.82, 2.24) is 4.90 Å². The molecule has 0 aliphatic heterocycles. The summed E-state index contributed by atoms with van der Waals surface area (Å²) in [4.78, 5) is 13.9. The molecule has 0 radical (unpaired) electrons. The van der Waals surface area contributed by atoms with E-state index in [9.17, 15) is 4.79 Å². The Labute approximate surface area is 103 Å². The second kappa shape index (κ2) is 5.92. The van der Waals surface area contributed by atoms with Crippen molar-refractivity contribution in [3.63, 3.8) is 0 Å². The zero-order valence-corrected chi connectivity index (χ0v) is 11.5. The molecule has 0 spiro atoms. The fourth-order valence-electron chi connectivity index (χ4n) is 2.28. The van der Waals surface area contributed by atoms with Crippen molar-refractivity contribution in [3.8, 4) is 0 Å². The van der Waals surface area contributed by atoms with E-state index in [0.717, 1.165) is 18.6 Å². The lowest BCUT2D eigenvalue weighted by Gasteiger charge is -2.29. The maximum absolute atomic E-state index is 12.1. The van der Waals surface area contributed by atoms with Gasteiger partial charge in [0.1, 0.15) is 0 Å². The number of carbonyl (C=O) groups is 1. The number of nitrogens with two attached hydrogens (primary N) is 1. The predicted molar refractivity (Wildman–Crippen MR) is 70.6 cm³/mol. The summed E-state index contributed by atoms with van der Waals surface area (Å²) in [6.45, 7) is 2.09. The first-order chi connectivity index (χ1) is 7.48. The second-order valence-corrected chi connectivity index (χ2v) is 5.97. The van der Waals surface area contributed by atoms with Crippen LogP contribution in [0.3, 0.4) is 0 Å². The summed E-state index contributed by atoms with van der Waals surface area (Å²) >= 11 is 1.77. The molecule has 1 unspecified atom stereocenters. The van der Waals surface area contributed by atoms with Crippen molar-refractivity contribution >= 4 is 17.7 Å². The van der Waals surface area contributed by atoms with Crippen LogP contribution in [-0.4, -0.2) is 41.4 Å². The van der Waals surface area contributed by atoms with Crippen molar-refractivity contribution in [3.05, 3.63) is 0 Å². The molecule has 0 aromatic rings. The van der Waals surface area contributed by atoms with Crippen LogP contribution in [0.15, 0.2) is 0 Å². The molecule has 1 fully saturated rings. The molecule has 3 nitrogen and oxygen atoms in total. The molecule has 4 heteroatoms. The second-order valence-electron chi connectivity index (χ2n) is 5.06. The van der Waals surface area contributed by atoms with E-state index < -0.39 is 0 Å². The highest BCUT2D eigenvalue weighted by Gasteiger charge is 2.33. The normalized spacial score (nSPS) is 20.8. The van der Waals surface area contributed by atoms with Crippen LogP contribution in [-0.2, 0) is 4.79 Å². The minimum Gasteiger partial charge on any atom is -0.342 e. The molecule has 0 bridgehead atoms. The first-order valence-electron chi connectivity index (χ1n) is 6.02. The highest BCUT2D eigenvalue weighted by atomic mass is 32.2. The standard InChI is InChI=1S/C12H24N2OS/c1-10(9-16-3)14(2)11(15)8-12(13)6-4-5-7-12/h10H,4-9,13H2,1-3H3. The number of nitrogens with zero attached hydrogens (tertiary/aromatic N) is 1. The molecule has 1 amide bonds. The van der Waals surface area contributed by atoms with Gasteiger partial charge in [0, 0.05) is 30.8 Å². The Morgan fingerprint density at radius 3 is 2.56 bits per heavy atom. The quantitative estimate of drug-likeness (QED) is 0.803. The Morgan fingerprint density at radius 2 is 2.06 bits per heavy atom. The van der Waals surface area contributed by atoms with Crippen LogP contribution >= 0.6 is 11.8 Å². The molecular weight excluding hydrogens is 220 g/mol.